The van der Waals surface area contributed by atoms with Crippen molar-refractivity contribution in [3.63, 3.8) is 0 Å². The SMILES string of the molecule is Cc1ccsc1CNc1ncccc1Br. The first-order chi connectivity index (χ1) is 7.27. The molecule has 0 saturated heterocycles. The third-order valence-electron chi connectivity index (χ3n) is 2.14. The number of pyridine rings is 1. The molecule has 2 heterocycles. The Morgan fingerprint density at radius 3 is 3.00 bits per heavy atom. The van der Waals surface area contributed by atoms with E-state index in [9.17, 15) is 0 Å². The summed E-state index contributed by atoms with van der Waals surface area (Å²) in [4.78, 5) is 5.61. The van der Waals surface area contributed by atoms with Crippen molar-refractivity contribution in [2.45, 2.75) is 13.5 Å². The molecule has 0 spiro atoms. The van der Waals surface area contributed by atoms with Crippen LogP contribution in [0.1, 0.15) is 10.4 Å². The standard InChI is InChI=1S/C11H11BrN2S/c1-8-4-6-15-10(8)7-14-11-9(12)3-2-5-13-11/h2-6H,7H2,1H3,(H,13,14). The van der Waals surface area contributed by atoms with Crippen LogP contribution in [0.4, 0.5) is 5.82 Å². The van der Waals surface area contributed by atoms with E-state index >= 15 is 0 Å². The molecule has 2 rings (SSSR count). The summed E-state index contributed by atoms with van der Waals surface area (Å²) in [5.41, 5.74) is 1.33. The van der Waals surface area contributed by atoms with Crippen molar-refractivity contribution in [2.24, 2.45) is 0 Å². The molecule has 0 aliphatic heterocycles. The summed E-state index contributed by atoms with van der Waals surface area (Å²) in [5, 5.41) is 5.42. The summed E-state index contributed by atoms with van der Waals surface area (Å²) in [7, 11) is 0. The Morgan fingerprint density at radius 1 is 1.47 bits per heavy atom. The van der Waals surface area contributed by atoms with E-state index in [1.807, 2.05) is 12.1 Å². The highest BCUT2D eigenvalue weighted by Crippen LogP contribution is 2.21. The Labute approximate surface area is 101 Å². The van der Waals surface area contributed by atoms with Crippen molar-refractivity contribution in [3.8, 4) is 0 Å². The Morgan fingerprint density at radius 2 is 2.33 bits per heavy atom. The molecule has 0 amide bonds. The largest absolute Gasteiger partial charge is 0.364 e. The van der Waals surface area contributed by atoms with E-state index in [4.69, 9.17) is 0 Å². The van der Waals surface area contributed by atoms with Crippen LogP contribution in [0.25, 0.3) is 0 Å². The molecule has 0 aliphatic carbocycles. The normalized spacial score (nSPS) is 10.3. The van der Waals surface area contributed by atoms with Crippen LogP contribution in [0.15, 0.2) is 34.2 Å². The van der Waals surface area contributed by atoms with Crippen molar-refractivity contribution in [1.29, 1.82) is 0 Å². The van der Waals surface area contributed by atoms with Gasteiger partial charge in [-0.25, -0.2) is 4.98 Å². The van der Waals surface area contributed by atoms with Crippen LogP contribution >= 0.6 is 27.3 Å². The van der Waals surface area contributed by atoms with Gasteiger partial charge in [-0.2, -0.15) is 0 Å². The second kappa shape index (κ2) is 4.77. The zero-order valence-corrected chi connectivity index (χ0v) is 10.7. The molecule has 0 saturated carbocycles. The first-order valence-electron chi connectivity index (χ1n) is 4.65. The van der Waals surface area contributed by atoms with E-state index in [2.05, 4.69) is 44.6 Å². The van der Waals surface area contributed by atoms with Gasteiger partial charge < -0.3 is 5.32 Å². The topological polar surface area (TPSA) is 24.9 Å². The molecule has 78 valence electrons. The maximum absolute atomic E-state index is 4.25. The lowest BCUT2D eigenvalue weighted by Crippen LogP contribution is -2.01. The van der Waals surface area contributed by atoms with Gasteiger partial charge in [-0.05, 0) is 52.0 Å². The van der Waals surface area contributed by atoms with Crippen LogP contribution in [-0.2, 0) is 6.54 Å². The Kier molecular flexibility index (Phi) is 3.38. The molecule has 0 aromatic carbocycles. The molecular formula is C11H11BrN2S. The lowest BCUT2D eigenvalue weighted by Gasteiger charge is -2.06. The number of nitrogens with one attached hydrogen (secondary N) is 1. The summed E-state index contributed by atoms with van der Waals surface area (Å²) in [5.74, 6) is 0.894. The van der Waals surface area contributed by atoms with Crippen LogP contribution in [0, 0.1) is 6.92 Å². The fourth-order valence-corrected chi connectivity index (χ4v) is 2.51. The van der Waals surface area contributed by atoms with Gasteiger partial charge in [0.05, 0.1) is 11.0 Å². The molecule has 1 N–H and O–H groups in total. The zero-order chi connectivity index (χ0) is 10.7. The molecule has 2 aromatic heterocycles. The number of thiophene rings is 1. The van der Waals surface area contributed by atoms with E-state index in [0.717, 1.165) is 16.8 Å². The number of hydrogen-bond donors (Lipinski definition) is 1. The Balaban J connectivity index is 2.06. The molecule has 15 heavy (non-hydrogen) atoms. The average Bonchev–Trinajstić information content (AvgIpc) is 2.63. The summed E-state index contributed by atoms with van der Waals surface area (Å²) in [6.45, 7) is 2.96. The fraction of sp³-hybridized carbons (Fsp3) is 0.182. The van der Waals surface area contributed by atoms with Crippen LogP contribution < -0.4 is 5.32 Å². The summed E-state index contributed by atoms with van der Waals surface area (Å²) >= 11 is 5.23. The van der Waals surface area contributed by atoms with Crippen LogP contribution in [0.3, 0.4) is 0 Å². The monoisotopic (exact) mass is 282 g/mol. The zero-order valence-electron chi connectivity index (χ0n) is 8.33. The fourth-order valence-electron chi connectivity index (χ4n) is 1.26. The molecule has 2 aromatic rings. The number of nitrogens with zero attached hydrogens (tertiary/aromatic N) is 1. The smallest absolute Gasteiger partial charge is 0.140 e. The molecule has 0 radical (unpaired) electrons. The number of aryl methyl sites for hydroxylation is 1. The second-order valence-electron chi connectivity index (χ2n) is 3.21. The molecule has 0 fully saturated rings. The maximum Gasteiger partial charge on any atom is 0.140 e. The molecule has 4 heteroatoms. The number of halogens is 1. The van der Waals surface area contributed by atoms with Gasteiger partial charge in [0.15, 0.2) is 0 Å². The predicted octanol–water partition coefficient (Wildman–Crippen LogP) is 3.83. The van der Waals surface area contributed by atoms with Gasteiger partial charge in [-0.1, -0.05) is 0 Å². The first kappa shape index (κ1) is 10.6. The minimum absolute atomic E-state index is 0.832. The van der Waals surface area contributed by atoms with Gasteiger partial charge >= 0.3 is 0 Å². The number of rotatable bonds is 3. The lowest BCUT2D eigenvalue weighted by atomic mass is 10.3. The number of anilines is 1. The van der Waals surface area contributed by atoms with Gasteiger partial charge in [0.25, 0.3) is 0 Å². The first-order valence-corrected chi connectivity index (χ1v) is 6.32. The van der Waals surface area contributed by atoms with Crippen molar-refractivity contribution < 1.29 is 0 Å². The number of aromatic nitrogens is 1. The van der Waals surface area contributed by atoms with Crippen LogP contribution in [0.5, 0.6) is 0 Å². The van der Waals surface area contributed by atoms with E-state index in [1.54, 1.807) is 17.5 Å². The summed E-state index contributed by atoms with van der Waals surface area (Å²) in [6, 6.07) is 6.03. The highest BCUT2D eigenvalue weighted by atomic mass is 79.9. The van der Waals surface area contributed by atoms with Crippen molar-refractivity contribution >= 4 is 33.1 Å². The Bertz CT molecular complexity index is 453. The molecule has 0 bridgehead atoms. The van der Waals surface area contributed by atoms with Gasteiger partial charge in [-0.3, -0.25) is 0 Å². The summed E-state index contributed by atoms with van der Waals surface area (Å²) < 4.78 is 0.999. The lowest BCUT2D eigenvalue weighted by molar-refractivity contribution is 1.12. The van der Waals surface area contributed by atoms with E-state index in [-0.39, 0.29) is 0 Å². The van der Waals surface area contributed by atoms with Gasteiger partial charge in [-0.15, -0.1) is 11.3 Å². The maximum atomic E-state index is 4.25. The van der Waals surface area contributed by atoms with E-state index < -0.39 is 0 Å². The highest BCUT2D eigenvalue weighted by molar-refractivity contribution is 9.10. The summed E-state index contributed by atoms with van der Waals surface area (Å²) in [6.07, 6.45) is 1.79. The molecular weight excluding hydrogens is 272 g/mol. The van der Waals surface area contributed by atoms with Gasteiger partial charge in [0, 0.05) is 11.1 Å². The van der Waals surface area contributed by atoms with Crippen molar-refractivity contribution in [3.05, 3.63) is 44.7 Å². The predicted molar refractivity (Wildman–Crippen MR) is 68.3 cm³/mol. The second-order valence-corrected chi connectivity index (χ2v) is 5.07. The quantitative estimate of drug-likeness (QED) is 0.926. The molecule has 0 unspecified atom stereocenters. The molecule has 2 nitrogen and oxygen atoms in total. The highest BCUT2D eigenvalue weighted by Gasteiger charge is 2.02. The van der Waals surface area contributed by atoms with Gasteiger partial charge in [0.1, 0.15) is 5.82 Å². The Hall–Kier alpha value is -0.870. The van der Waals surface area contributed by atoms with Crippen LogP contribution in [-0.4, -0.2) is 4.98 Å². The minimum Gasteiger partial charge on any atom is -0.364 e. The van der Waals surface area contributed by atoms with Crippen molar-refractivity contribution in [1.82, 2.24) is 4.98 Å². The van der Waals surface area contributed by atoms with Crippen molar-refractivity contribution in [2.75, 3.05) is 5.32 Å². The van der Waals surface area contributed by atoms with Crippen LogP contribution in [0.2, 0.25) is 0 Å². The van der Waals surface area contributed by atoms with E-state index in [1.165, 1.54) is 10.4 Å². The third kappa shape index (κ3) is 2.58. The average molecular weight is 283 g/mol. The van der Waals surface area contributed by atoms with E-state index in [0.29, 0.717) is 0 Å². The number of hydrogen-bond acceptors (Lipinski definition) is 3. The third-order valence-corrected chi connectivity index (χ3v) is 3.81. The molecule has 0 atom stereocenters. The molecule has 0 aliphatic rings. The van der Waals surface area contributed by atoms with Gasteiger partial charge in [0.2, 0.25) is 0 Å². The minimum atomic E-state index is 0.832.